The van der Waals surface area contributed by atoms with Gasteiger partial charge in [0.2, 0.25) is 0 Å². The Bertz CT molecular complexity index is 371. The van der Waals surface area contributed by atoms with Crippen LogP contribution < -0.4 is 10.5 Å². The maximum Gasteiger partial charge on any atom is 0.119 e. The van der Waals surface area contributed by atoms with E-state index < -0.39 is 0 Å². The molecule has 0 aliphatic rings. The predicted molar refractivity (Wildman–Crippen MR) is 79.5 cm³/mol. The van der Waals surface area contributed by atoms with Crippen LogP contribution in [0.2, 0.25) is 0 Å². The van der Waals surface area contributed by atoms with Crippen LogP contribution in [0.15, 0.2) is 24.3 Å². The third-order valence-electron chi connectivity index (χ3n) is 3.19. The van der Waals surface area contributed by atoms with Crippen molar-refractivity contribution in [3.05, 3.63) is 29.8 Å². The fraction of sp³-hybridized carbons (Fsp3) is 0.625. The number of ether oxygens (including phenoxy) is 2. The van der Waals surface area contributed by atoms with Gasteiger partial charge < -0.3 is 15.2 Å². The summed E-state index contributed by atoms with van der Waals surface area (Å²) in [6, 6.07) is 7.83. The first-order valence-electron chi connectivity index (χ1n) is 7.00. The normalized spacial score (nSPS) is 13.6. The second kappa shape index (κ2) is 6.92. The zero-order valence-electron chi connectivity index (χ0n) is 12.8. The molecule has 1 unspecified atom stereocenters. The molecule has 0 spiro atoms. The summed E-state index contributed by atoms with van der Waals surface area (Å²) in [6.45, 7) is 10.8. The van der Waals surface area contributed by atoms with Crippen molar-refractivity contribution in [3.8, 4) is 5.75 Å². The van der Waals surface area contributed by atoms with Crippen LogP contribution in [0.5, 0.6) is 5.75 Å². The van der Waals surface area contributed by atoms with E-state index >= 15 is 0 Å². The van der Waals surface area contributed by atoms with Crippen LogP contribution in [0.25, 0.3) is 0 Å². The molecule has 1 aromatic rings. The lowest BCUT2D eigenvalue weighted by atomic mass is 10.1. The van der Waals surface area contributed by atoms with Crippen molar-refractivity contribution in [2.24, 2.45) is 5.73 Å². The van der Waals surface area contributed by atoms with Gasteiger partial charge in [0, 0.05) is 0 Å². The van der Waals surface area contributed by atoms with E-state index in [1.165, 1.54) is 0 Å². The number of rotatable bonds is 7. The van der Waals surface area contributed by atoms with Gasteiger partial charge in [-0.15, -0.1) is 0 Å². The van der Waals surface area contributed by atoms with E-state index in [9.17, 15) is 0 Å². The van der Waals surface area contributed by atoms with Crippen LogP contribution >= 0.6 is 0 Å². The van der Waals surface area contributed by atoms with Crippen LogP contribution in [-0.4, -0.2) is 18.3 Å². The smallest absolute Gasteiger partial charge is 0.119 e. The van der Waals surface area contributed by atoms with Gasteiger partial charge in [-0.2, -0.15) is 0 Å². The van der Waals surface area contributed by atoms with E-state index in [0.29, 0.717) is 6.61 Å². The lowest BCUT2D eigenvalue weighted by molar-refractivity contribution is -0.0267. The lowest BCUT2D eigenvalue weighted by Crippen LogP contribution is -2.28. The minimum absolute atomic E-state index is 0.0982. The second-order valence-electron chi connectivity index (χ2n) is 5.77. The highest BCUT2D eigenvalue weighted by atomic mass is 16.5. The highest BCUT2D eigenvalue weighted by Crippen LogP contribution is 2.20. The van der Waals surface area contributed by atoms with Crippen molar-refractivity contribution in [2.75, 3.05) is 6.61 Å². The minimum atomic E-state index is -0.113. The zero-order chi connectivity index (χ0) is 14.5. The summed E-state index contributed by atoms with van der Waals surface area (Å²) in [5, 5.41) is 0. The molecule has 1 aromatic carbocycles. The van der Waals surface area contributed by atoms with Crippen LogP contribution in [0, 0.1) is 0 Å². The van der Waals surface area contributed by atoms with Gasteiger partial charge in [-0.1, -0.05) is 19.1 Å². The maximum atomic E-state index is 6.14. The Morgan fingerprint density at radius 3 is 2.21 bits per heavy atom. The van der Waals surface area contributed by atoms with Crippen molar-refractivity contribution in [1.82, 2.24) is 0 Å². The van der Waals surface area contributed by atoms with Crippen LogP contribution in [0.1, 0.15) is 52.6 Å². The van der Waals surface area contributed by atoms with Gasteiger partial charge in [0.25, 0.3) is 0 Å². The van der Waals surface area contributed by atoms with Gasteiger partial charge in [0.05, 0.1) is 24.4 Å². The van der Waals surface area contributed by atoms with Gasteiger partial charge in [-0.3, -0.25) is 0 Å². The highest BCUT2D eigenvalue weighted by Gasteiger charge is 2.17. The minimum Gasteiger partial charge on any atom is -0.491 e. The zero-order valence-corrected chi connectivity index (χ0v) is 12.8. The lowest BCUT2D eigenvalue weighted by Gasteiger charge is -2.25. The summed E-state index contributed by atoms with van der Waals surface area (Å²) in [7, 11) is 0. The molecule has 0 saturated heterocycles. The van der Waals surface area contributed by atoms with Crippen LogP contribution in [-0.2, 0) is 4.74 Å². The Morgan fingerprint density at radius 2 is 1.74 bits per heavy atom. The molecule has 0 aliphatic carbocycles. The molecule has 19 heavy (non-hydrogen) atoms. The third-order valence-corrected chi connectivity index (χ3v) is 3.19. The molecule has 0 amide bonds. The summed E-state index contributed by atoms with van der Waals surface area (Å²) in [6.07, 6.45) is 1.16. The Hall–Kier alpha value is -1.06. The molecule has 0 saturated carbocycles. The van der Waals surface area contributed by atoms with Gasteiger partial charge in [0.1, 0.15) is 5.75 Å². The summed E-state index contributed by atoms with van der Waals surface area (Å²) < 4.78 is 11.4. The monoisotopic (exact) mass is 265 g/mol. The highest BCUT2D eigenvalue weighted by molar-refractivity contribution is 5.29. The van der Waals surface area contributed by atoms with Gasteiger partial charge in [-0.25, -0.2) is 0 Å². The quantitative estimate of drug-likeness (QED) is 0.818. The van der Waals surface area contributed by atoms with Gasteiger partial charge >= 0.3 is 0 Å². The SMILES string of the molecule is CCC(C)(C)OCC(N)c1ccc(OC(C)C)cc1. The molecule has 0 fully saturated rings. The second-order valence-corrected chi connectivity index (χ2v) is 5.77. The number of nitrogens with two attached hydrogens (primary N) is 1. The predicted octanol–water partition coefficient (Wildman–Crippen LogP) is 3.68. The van der Waals surface area contributed by atoms with Crippen molar-refractivity contribution in [1.29, 1.82) is 0 Å². The number of benzene rings is 1. The molecule has 3 nitrogen and oxygen atoms in total. The molecule has 1 atom stereocenters. The maximum absolute atomic E-state index is 6.14. The van der Waals surface area contributed by atoms with Crippen molar-refractivity contribution < 1.29 is 9.47 Å². The fourth-order valence-electron chi connectivity index (χ4n) is 1.58. The molecular formula is C16H27NO2. The average molecular weight is 265 g/mol. The Morgan fingerprint density at radius 1 is 1.16 bits per heavy atom. The number of hydrogen-bond acceptors (Lipinski definition) is 3. The molecule has 2 N–H and O–H groups in total. The van der Waals surface area contributed by atoms with Gasteiger partial charge in [-0.05, 0) is 51.8 Å². The van der Waals surface area contributed by atoms with Crippen molar-refractivity contribution in [3.63, 3.8) is 0 Å². The van der Waals surface area contributed by atoms with E-state index in [-0.39, 0.29) is 17.7 Å². The van der Waals surface area contributed by atoms with Crippen molar-refractivity contribution >= 4 is 0 Å². The van der Waals surface area contributed by atoms with E-state index in [2.05, 4.69) is 20.8 Å². The van der Waals surface area contributed by atoms with E-state index in [4.69, 9.17) is 15.2 Å². The molecule has 0 bridgehead atoms. The molecule has 0 heterocycles. The topological polar surface area (TPSA) is 44.5 Å². The van der Waals surface area contributed by atoms with Crippen LogP contribution in [0.4, 0.5) is 0 Å². The fourth-order valence-corrected chi connectivity index (χ4v) is 1.58. The summed E-state index contributed by atoms with van der Waals surface area (Å²) in [5.41, 5.74) is 7.10. The molecular weight excluding hydrogens is 238 g/mol. The number of hydrogen-bond donors (Lipinski definition) is 1. The molecule has 3 heteroatoms. The first-order chi connectivity index (χ1) is 8.84. The molecule has 1 rings (SSSR count). The Labute approximate surface area is 117 Å². The summed E-state index contributed by atoms with van der Waals surface area (Å²) in [5.74, 6) is 0.876. The first kappa shape index (κ1) is 16.0. The van der Waals surface area contributed by atoms with E-state index in [1.54, 1.807) is 0 Å². The Balaban J connectivity index is 2.55. The largest absolute Gasteiger partial charge is 0.491 e. The molecule has 108 valence electrons. The van der Waals surface area contributed by atoms with E-state index in [1.807, 2.05) is 38.1 Å². The first-order valence-corrected chi connectivity index (χ1v) is 7.00. The van der Waals surface area contributed by atoms with Crippen LogP contribution in [0.3, 0.4) is 0 Å². The average Bonchev–Trinajstić information content (AvgIpc) is 2.36. The summed E-state index contributed by atoms with van der Waals surface area (Å²) >= 11 is 0. The third kappa shape index (κ3) is 5.62. The van der Waals surface area contributed by atoms with Gasteiger partial charge in [0.15, 0.2) is 0 Å². The molecule has 0 aromatic heterocycles. The molecule has 0 radical (unpaired) electrons. The standard InChI is InChI=1S/C16H27NO2/c1-6-16(4,5)18-11-15(17)13-7-9-14(10-8-13)19-12(2)3/h7-10,12,15H,6,11,17H2,1-5H3. The Kier molecular flexibility index (Phi) is 5.83. The summed E-state index contributed by atoms with van der Waals surface area (Å²) in [4.78, 5) is 0. The van der Waals surface area contributed by atoms with E-state index in [0.717, 1.165) is 17.7 Å². The van der Waals surface area contributed by atoms with Crippen molar-refractivity contribution in [2.45, 2.75) is 58.8 Å². The molecule has 0 aliphatic heterocycles.